The van der Waals surface area contributed by atoms with E-state index in [9.17, 15) is 23.2 Å². The topological polar surface area (TPSA) is 105 Å². The van der Waals surface area contributed by atoms with Crippen LogP contribution in [-0.2, 0) is 19.1 Å². The summed E-state index contributed by atoms with van der Waals surface area (Å²) in [7, 11) is 0. The first-order valence-corrected chi connectivity index (χ1v) is 8.94. The normalized spacial score (nSPS) is 15.8. The molecule has 0 spiro atoms. The van der Waals surface area contributed by atoms with Crippen molar-refractivity contribution in [2.75, 3.05) is 43.1 Å². The molecule has 1 fully saturated rings. The molecule has 10 heteroatoms. The second-order valence-corrected chi connectivity index (χ2v) is 6.19. The van der Waals surface area contributed by atoms with Crippen molar-refractivity contribution in [3.63, 3.8) is 0 Å². The summed E-state index contributed by atoms with van der Waals surface area (Å²) in [6, 6.07) is 2.63. The summed E-state index contributed by atoms with van der Waals surface area (Å²) in [5.74, 6) is -1.95. The summed E-state index contributed by atoms with van der Waals surface area (Å²) < 4.78 is 32.2. The standard InChI is InChI=1S/C18H24F2N4O4/c1-3-23(4-2)15(17(21)26)18(27)22-11-5-6-13(12(9-11)16(19)20)24-7-8-28-10-14(24)25/h5-6,9,15-16H,3-4,7-8,10H2,1-2H3,(H2,21,26)(H,22,27)/t15-/m0/s1. The van der Waals surface area contributed by atoms with Gasteiger partial charge < -0.3 is 20.7 Å². The number of likely N-dealkylation sites (N-methyl/N-ethyl adjacent to an activating group) is 1. The molecule has 154 valence electrons. The molecular formula is C18H24F2N4O4. The van der Waals surface area contributed by atoms with Crippen molar-refractivity contribution in [3.8, 4) is 0 Å². The number of anilines is 2. The van der Waals surface area contributed by atoms with E-state index in [1.165, 1.54) is 17.0 Å². The molecule has 0 aromatic heterocycles. The minimum Gasteiger partial charge on any atom is -0.370 e. The summed E-state index contributed by atoms with van der Waals surface area (Å²) in [6.07, 6.45) is -2.86. The SMILES string of the molecule is CCN(CC)[C@@H](C(N)=O)C(=O)Nc1ccc(N2CCOCC2=O)c(C(F)F)c1. The number of carbonyl (C=O) groups excluding carboxylic acids is 3. The van der Waals surface area contributed by atoms with Crippen molar-refractivity contribution in [3.05, 3.63) is 23.8 Å². The van der Waals surface area contributed by atoms with Crippen LogP contribution in [0.15, 0.2) is 18.2 Å². The van der Waals surface area contributed by atoms with Crippen LogP contribution in [0.5, 0.6) is 0 Å². The maximum Gasteiger partial charge on any atom is 0.265 e. The molecule has 0 unspecified atom stereocenters. The number of carbonyl (C=O) groups is 3. The van der Waals surface area contributed by atoms with Gasteiger partial charge in [-0.25, -0.2) is 8.78 Å². The molecule has 0 radical (unpaired) electrons. The summed E-state index contributed by atoms with van der Waals surface area (Å²) in [4.78, 5) is 39.0. The van der Waals surface area contributed by atoms with Crippen LogP contribution in [0.1, 0.15) is 25.8 Å². The van der Waals surface area contributed by atoms with E-state index >= 15 is 0 Å². The third kappa shape index (κ3) is 4.82. The Labute approximate surface area is 161 Å². The zero-order valence-electron chi connectivity index (χ0n) is 15.8. The highest BCUT2D eigenvalue weighted by atomic mass is 19.3. The molecule has 8 nitrogen and oxygen atoms in total. The van der Waals surface area contributed by atoms with Gasteiger partial charge in [-0.3, -0.25) is 19.3 Å². The number of benzene rings is 1. The lowest BCUT2D eigenvalue weighted by Crippen LogP contribution is -2.52. The highest BCUT2D eigenvalue weighted by Gasteiger charge is 2.30. The Morgan fingerprint density at radius 1 is 1.32 bits per heavy atom. The van der Waals surface area contributed by atoms with Gasteiger partial charge in [-0.2, -0.15) is 0 Å². The summed E-state index contributed by atoms with van der Waals surface area (Å²) in [5, 5.41) is 2.47. The Kier molecular flexibility index (Phi) is 7.41. The molecule has 3 N–H and O–H groups in total. The first-order valence-electron chi connectivity index (χ1n) is 8.94. The molecule has 0 saturated carbocycles. The van der Waals surface area contributed by atoms with Crippen LogP contribution in [0.3, 0.4) is 0 Å². The highest BCUT2D eigenvalue weighted by molar-refractivity contribution is 6.09. The van der Waals surface area contributed by atoms with E-state index < -0.39 is 35.8 Å². The molecule has 1 saturated heterocycles. The van der Waals surface area contributed by atoms with Crippen LogP contribution in [-0.4, -0.2) is 61.5 Å². The van der Waals surface area contributed by atoms with Gasteiger partial charge in [0.1, 0.15) is 6.61 Å². The van der Waals surface area contributed by atoms with Gasteiger partial charge in [0, 0.05) is 17.8 Å². The molecule has 28 heavy (non-hydrogen) atoms. The highest BCUT2D eigenvalue weighted by Crippen LogP contribution is 2.33. The van der Waals surface area contributed by atoms with E-state index in [-0.39, 0.29) is 31.1 Å². The molecule has 1 aromatic rings. The van der Waals surface area contributed by atoms with E-state index in [2.05, 4.69) is 5.32 Å². The minimum absolute atomic E-state index is 0.0662. The summed E-state index contributed by atoms with van der Waals surface area (Å²) >= 11 is 0. The Balaban J connectivity index is 2.29. The Morgan fingerprint density at radius 2 is 2.00 bits per heavy atom. The molecule has 1 aromatic carbocycles. The number of amides is 3. The predicted molar refractivity (Wildman–Crippen MR) is 99.1 cm³/mol. The monoisotopic (exact) mass is 398 g/mol. The van der Waals surface area contributed by atoms with E-state index in [1.807, 2.05) is 0 Å². The molecule has 1 heterocycles. The number of hydrogen-bond donors (Lipinski definition) is 2. The van der Waals surface area contributed by atoms with Gasteiger partial charge >= 0.3 is 0 Å². The van der Waals surface area contributed by atoms with Gasteiger partial charge in [-0.1, -0.05) is 13.8 Å². The second kappa shape index (κ2) is 9.56. The van der Waals surface area contributed by atoms with Crippen molar-refractivity contribution in [1.82, 2.24) is 4.90 Å². The van der Waals surface area contributed by atoms with Crippen LogP contribution in [0, 0.1) is 0 Å². The fourth-order valence-electron chi connectivity index (χ4n) is 3.10. The van der Waals surface area contributed by atoms with Gasteiger partial charge in [0.05, 0.1) is 12.3 Å². The lowest BCUT2D eigenvalue weighted by Gasteiger charge is -2.29. The van der Waals surface area contributed by atoms with Crippen LogP contribution < -0.4 is 16.0 Å². The summed E-state index contributed by atoms with van der Waals surface area (Å²) in [5.41, 5.74) is 5.10. The van der Waals surface area contributed by atoms with Crippen molar-refractivity contribution >= 4 is 29.1 Å². The molecule has 1 aliphatic heterocycles. The lowest BCUT2D eigenvalue weighted by molar-refractivity contribution is -0.132. The van der Waals surface area contributed by atoms with Crippen molar-refractivity contribution in [2.24, 2.45) is 5.73 Å². The van der Waals surface area contributed by atoms with Crippen molar-refractivity contribution in [1.29, 1.82) is 0 Å². The number of primary amides is 1. The number of halogens is 2. The molecule has 1 aliphatic rings. The van der Waals surface area contributed by atoms with Gasteiger partial charge in [-0.15, -0.1) is 0 Å². The molecule has 3 amide bonds. The number of nitrogens with one attached hydrogen (secondary N) is 1. The minimum atomic E-state index is -2.86. The average molecular weight is 398 g/mol. The van der Waals surface area contributed by atoms with E-state index in [4.69, 9.17) is 10.5 Å². The fraction of sp³-hybridized carbons (Fsp3) is 0.500. The number of nitrogens with zero attached hydrogens (tertiary/aromatic N) is 2. The molecular weight excluding hydrogens is 374 g/mol. The molecule has 0 bridgehead atoms. The number of alkyl halides is 2. The summed E-state index contributed by atoms with van der Waals surface area (Å²) in [6.45, 7) is 4.61. The Bertz CT molecular complexity index is 740. The third-order valence-corrected chi connectivity index (χ3v) is 4.50. The van der Waals surface area contributed by atoms with Gasteiger partial charge in [-0.05, 0) is 31.3 Å². The number of hydrogen-bond acceptors (Lipinski definition) is 5. The first-order chi connectivity index (χ1) is 13.3. The van der Waals surface area contributed by atoms with E-state index in [0.29, 0.717) is 13.1 Å². The third-order valence-electron chi connectivity index (χ3n) is 4.50. The predicted octanol–water partition coefficient (Wildman–Crippen LogP) is 1.12. The molecule has 0 aliphatic carbocycles. The smallest absolute Gasteiger partial charge is 0.265 e. The fourth-order valence-corrected chi connectivity index (χ4v) is 3.10. The van der Waals surface area contributed by atoms with Crippen LogP contribution in [0.25, 0.3) is 0 Å². The zero-order valence-corrected chi connectivity index (χ0v) is 15.8. The first kappa shape index (κ1) is 21.7. The lowest BCUT2D eigenvalue weighted by atomic mass is 10.1. The quantitative estimate of drug-likeness (QED) is 0.639. The van der Waals surface area contributed by atoms with Gasteiger partial charge in [0.25, 0.3) is 18.2 Å². The van der Waals surface area contributed by atoms with Crippen LogP contribution in [0.4, 0.5) is 20.2 Å². The largest absolute Gasteiger partial charge is 0.370 e. The number of nitrogens with two attached hydrogens (primary N) is 1. The maximum absolute atomic E-state index is 13.6. The van der Waals surface area contributed by atoms with Gasteiger partial charge in [0.2, 0.25) is 5.91 Å². The second-order valence-electron chi connectivity index (χ2n) is 6.19. The van der Waals surface area contributed by atoms with Gasteiger partial charge in [0.15, 0.2) is 6.04 Å². The Morgan fingerprint density at radius 3 is 2.54 bits per heavy atom. The number of ether oxygens (including phenoxy) is 1. The number of morpholine rings is 1. The average Bonchev–Trinajstić information content (AvgIpc) is 2.66. The van der Waals surface area contributed by atoms with Crippen molar-refractivity contribution < 1.29 is 27.9 Å². The van der Waals surface area contributed by atoms with Crippen molar-refractivity contribution in [2.45, 2.75) is 26.3 Å². The van der Waals surface area contributed by atoms with E-state index in [1.54, 1.807) is 18.7 Å². The van der Waals surface area contributed by atoms with Crippen LogP contribution in [0.2, 0.25) is 0 Å². The molecule has 2 rings (SSSR count). The molecule has 1 atom stereocenters. The zero-order chi connectivity index (χ0) is 20.8. The Hall–Kier alpha value is -2.59. The number of rotatable bonds is 8. The van der Waals surface area contributed by atoms with E-state index in [0.717, 1.165) is 6.07 Å². The maximum atomic E-state index is 13.6. The van der Waals surface area contributed by atoms with Crippen LogP contribution >= 0.6 is 0 Å².